The Labute approximate surface area is 122 Å². The molecule has 1 aliphatic carbocycles. The van der Waals surface area contributed by atoms with Crippen LogP contribution in [0.15, 0.2) is 52.8 Å². The summed E-state index contributed by atoms with van der Waals surface area (Å²) in [5.41, 5.74) is 8.18. The summed E-state index contributed by atoms with van der Waals surface area (Å²) in [4.78, 5) is 0. The van der Waals surface area contributed by atoms with Crippen LogP contribution in [0.1, 0.15) is 18.9 Å². The SMILES string of the molecule is Cc1cccc(N2N=C(C(F)F)C3=CC=C(N)CC32C)c1. The molecule has 3 nitrogen and oxygen atoms in total. The highest BCUT2D eigenvalue weighted by atomic mass is 19.3. The second kappa shape index (κ2) is 4.69. The molecular weight excluding hydrogens is 272 g/mol. The molecule has 1 unspecified atom stereocenters. The van der Waals surface area contributed by atoms with Crippen LogP contribution in [-0.4, -0.2) is 17.7 Å². The number of hydrogen-bond donors (Lipinski definition) is 1. The van der Waals surface area contributed by atoms with Crippen molar-refractivity contribution in [3.63, 3.8) is 0 Å². The van der Waals surface area contributed by atoms with Gasteiger partial charge in [-0.2, -0.15) is 5.10 Å². The standard InChI is InChI=1S/C16H17F2N3/c1-10-4-3-5-12(8-10)21-16(2)9-11(19)6-7-13(16)14(20-21)15(17)18/h3-8,15H,9,19H2,1-2H3. The van der Waals surface area contributed by atoms with Gasteiger partial charge in [0.15, 0.2) is 0 Å². The number of benzene rings is 1. The Morgan fingerprint density at radius 1 is 1.33 bits per heavy atom. The van der Waals surface area contributed by atoms with Crippen LogP contribution in [0.4, 0.5) is 14.5 Å². The lowest BCUT2D eigenvalue weighted by atomic mass is 9.81. The number of allylic oxidation sites excluding steroid dienone is 2. The molecule has 0 radical (unpaired) electrons. The number of anilines is 1. The highest BCUT2D eigenvalue weighted by molar-refractivity contribution is 6.08. The van der Waals surface area contributed by atoms with E-state index >= 15 is 0 Å². The van der Waals surface area contributed by atoms with E-state index < -0.39 is 12.0 Å². The van der Waals surface area contributed by atoms with Crippen molar-refractivity contribution in [1.29, 1.82) is 0 Å². The summed E-state index contributed by atoms with van der Waals surface area (Å²) in [5.74, 6) is 0. The predicted molar refractivity (Wildman–Crippen MR) is 80.5 cm³/mol. The lowest BCUT2D eigenvalue weighted by Crippen LogP contribution is -2.44. The summed E-state index contributed by atoms with van der Waals surface area (Å²) >= 11 is 0. The maximum absolute atomic E-state index is 13.3. The van der Waals surface area contributed by atoms with Gasteiger partial charge in [0, 0.05) is 17.7 Å². The third-order valence-corrected chi connectivity index (χ3v) is 4.00. The fourth-order valence-electron chi connectivity index (χ4n) is 3.01. The molecule has 0 fully saturated rings. The maximum Gasteiger partial charge on any atom is 0.282 e. The molecule has 0 aromatic heterocycles. The molecule has 1 heterocycles. The maximum atomic E-state index is 13.3. The van der Waals surface area contributed by atoms with Crippen molar-refractivity contribution in [2.24, 2.45) is 10.8 Å². The normalized spacial score (nSPS) is 24.6. The van der Waals surface area contributed by atoms with Gasteiger partial charge in [0.2, 0.25) is 0 Å². The van der Waals surface area contributed by atoms with Crippen molar-refractivity contribution in [2.75, 3.05) is 5.01 Å². The molecule has 0 amide bonds. The van der Waals surface area contributed by atoms with Crippen LogP contribution >= 0.6 is 0 Å². The van der Waals surface area contributed by atoms with Crippen LogP contribution in [0, 0.1) is 6.92 Å². The van der Waals surface area contributed by atoms with Gasteiger partial charge in [-0.05, 0) is 37.6 Å². The lowest BCUT2D eigenvalue weighted by molar-refractivity contribution is 0.226. The molecule has 0 saturated carbocycles. The number of halogens is 2. The smallest absolute Gasteiger partial charge is 0.282 e. The molecule has 0 spiro atoms. The van der Waals surface area contributed by atoms with Crippen molar-refractivity contribution in [2.45, 2.75) is 32.2 Å². The average molecular weight is 289 g/mol. The van der Waals surface area contributed by atoms with Gasteiger partial charge >= 0.3 is 0 Å². The van der Waals surface area contributed by atoms with Crippen LogP contribution < -0.4 is 10.7 Å². The first kappa shape index (κ1) is 13.8. The van der Waals surface area contributed by atoms with Crippen LogP contribution in [0.2, 0.25) is 0 Å². The van der Waals surface area contributed by atoms with Crippen LogP contribution in [0.5, 0.6) is 0 Å². The van der Waals surface area contributed by atoms with Crippen molar-refractivity contribution in [1.82, 2.24) is 0 Å². The molecule has 5 heteroatoms. The third-order valence-electron chi connectivity index (χ3n) is 4.00. The lowest BCUT2D eigenvalue weighted by Gasteiger charge is -2.37. The fraction of sp³-hybridized carbons (Fsp3) is 0.312. The van der Waals surface area contributed by atoms with E-state index in [1.807, 2.05) is 38.1 Å². The van der Waals surface area contributed by atoms with Gasteiger partial charge < -0.3 is 5.73 Å². The molecule has 2 N–H and O–H groups in total. The van der Waals surface area contributed by atoms with Crippen molar-refractivity contribution in [3.8, 4) is 0 Å². The van der Waals surface area contributed by atoms with Gasteiger partial charge in [-0.3, -0.25) is 5.01 Å². The van der Waals surface area contributed by atoms with E-state index in [0.717, 1.165) is 11.3 Å². The van der Waals surface area contributed by atoms with E-state index in [0.29, 0.717) is 17.7 Å². The summed E-state index contributed by atoms with van der Waals surface area (Å²) in [5, 5.41) is 5.87. The molecule has 21 heavy (non-hydrogen) atoms. The van der Waals surface area contributed by atoms with E-state index in [9.17, 15) is 8.78 Å². The number of alkyl halides is 2. The summed E-state index contributed by atoms with van der Waals surface area (Å²) in [6.45, 7) is 3.87. The zero-order valence-corrected chi connectivity index (χ0v) is 12.0. The minimum atomic E-state index is -2.60. The zero-order valence-electron chi connectivity index (χ0n) is 12.0. The van der Waals surface area contributed by atoms with Crippen molar-refractivity contribution in [3.05, 3.63) is 53.3 Å². The Hall–Kier alpha value is -2.17. The largest absolute Gasteiger partial charge is 0.402 e. The topological polar surface area (TPSA) is 41.6 Å². The van der Waals surface area contributed by atoms with Gasteiger partial charge in [-0.25, -0.2) is 8.78 Å². The number of aryl methyl sites for hydroxylation is 1. The summed E-state index contributed by atoms with van der Waals surface area (Å²) in [6, 6.07) is 7.68. The van der Waals surface area contributed by atoms with E-state index in [2.05, 4.69) is 5.10 Å². The van der Waals surface area contributed by atoms with Gasteiger partial charge in [0.05, 0.1) is 11.2 Å². The second-order valence-corrected chi connectivity index (χ2v) is 5.71. The fourth-order valence-corrected chi connectivity index (χ4v) is 3.01. The molecule has 0 bridgehead atoms. The number of hydrogen-bond acceptors (Lipinski definition) is 3. The molecule has 2 aliphatic rings. The Balaban J connectivity index is 2.13. The zero-order chi connectivity index (χ0) is 15.2. The number of nitrogens with two attached hydrogens (primary N) is 1. The first-order valence-corrected chi connectivity index (χ1v) is 6.82. The van der Waals surface area contributed by atoms with E-state index in [4.69, 9.17) is 5.73 Å². The number of rotatable bonds is 2. The minimum absolute atomic E-state index is 0.164. The van der Waals surface area contributed by atoms with Gasteiger partial charge in [0.25, 0.3) is 6.43 Å². The molecule has 110 valence electrons. The Bertz CT molecular complexity index is 676. The Kier molecular flexibility index (Phi) is 3.08. The quantitative estimate of drug-likeness (QED) is 0.907. The minimum Gasteiger partial charge on any atom is -0.402 e. The number of nitrogens with zero attached hydrogens (tertiary/aromatic N) is 2. The first-order valence-electron chi connectivity index (χ1n) is 6.82. The van der Waals surface area contributed by atoms with E-state index in [-0.39, 0.29) is 5.71 Å². The van der Waals surface area contributed by atoms with Crippen molar-refractivity contribution < 1.29 is 8.78 Å². The molecule has 1 atom stereocenters. The molecule has 1 aliphatic heterocycles. The summed E-state index contributed by atoms with van der Waals surface area (Å²) in [6.07, 6.45) is 1.24. The predicted octanol–water partition coefficient (Wildman–Crippen LogP) is 3.37. The number of hydrazone groups is 1. The van der Waals surface area contributed by atoms with Gasteiger partial charge in [0.1, 0.15) is 5.71 Å². The highest BCUT2D eigenvalue weighted by Gasteiger charge is 2.47. The second-order valence-electron chi connectivity index (χ2n) is 5.71. The van der Waals surface area contributed by atoms with Gasteiger partial charge in [-0.15, -0.1) is 0 Å². The average Bonchev–Trinajstić information content (AvgIpc) is 2.70. The molecule has 3 rings (SSSR count). The summed E-state index contributed by atoms with van der Waals surface area (Å²) in [7, 11) is 0. The summed E-state index contributed by atoms with van der Waals surface area (Å²) < 4.78 is 26.6. The number of fused-ring (bicyclic) bond motifs is 1. The third kappa shape index (κ3) is 2.13. The monoisotopic (exact) mass is 289 g/mol. The first-order chi connectivity index (χ1) is 9.91. The molecular formula is C16H17F2N3. The molecule has 1 aromatic rings. The molecule has 1 aromatic carbocycles. The van der Waals surface area contributed by atoms with Crippen LogP contribution in [0.3, 0.4) is 0 Å². The van der Waals surface area contributed by atoms with E-state index in [1.165, 1.54) is 0 Å². The Morgan fingerprint density at radius 3 is 2.76 bits per heavy atom. The van der Waals surface area contributed by atoms with E-state index in [1.54, 1.807) is 17.2 Å². The van der Waals surface area contributed by atoms with Crippen molar-refractivity contribution >= 4 is 11.4 Å². The van der Waals surface area contributed by atoms with Crippen LogP contribution in [-0.2, 0) is 0 Å². The van der Waals surface area contributed by atoms with Gasteiger partial charge in [-0.1, -0.05) is 18.2 Å². The van der Waals surface area contributed by atoms with Crippen LogP contribution in [0.25, 0.3) is 0 Å². The molecule has 0 saturated heterocycles. The highest BCUT2D eigenvalue weighted by Crippen LogP contribution is 2.43. The Morgan fingerprint density at radius 2 is 2.10 bits per heavy atom.